The van der Waals surface area contributed by atoms with Gasteiger partial charge in [-0.2, -0.15) is 4.98 Å². The number of rotatable bonds is 5. The fourth-order valence-corrected chi connectivity index (χ4v) is 5.01. The summed E-state index contributed by atoms with van der Waals surface area (Å²) in [4.78, 5) is 39.9. The molecule has 3 amide bonds. The molecule has 0 unspecified atom stereocenters. The van der Waals surface area contributed by atoms with E-state index in [1.165, 1.54) is 10.6 Å². The molecule has 2 fully saturated rings. The average Bonchev–Trinajstić information content (AvgIpc) is 3.13. The van der Waals surface area contributed by atoms with Gasteiger partial charge in [-0.15, -0.1) is 0 Å². The van der Waals surface area contributed by atoms with Crippen molar-refractivity contribution < 1.29 is 9.59 Å². The number of fused-ring (bicyclic) bond motifs is 1. The highest BCUT2D eigenvalue weighted by Crippen LogP contribution is 2.37. The van der Waals surface area contributed by atoms with Gasteiger partial charge in [-0.05, 0) is 30.7 Å². The molecular formula is C23H35N7O2. The van der Waals surface area contributed by atoms with Crippen molar-refractivity contribution in [3.05, 3.63) is 18.0 Å². The van der Waals surface area contributed by atoms with Crippen LogP contribution < -0.4 is 5.73 Å². The van der Waals surface area contributed by atoms with Crippen LogP contribution in [0.1, 0.15) is 52.7 Å². The van der Waals surface area contributed by atoms with Gasteiger partial charge in [0.2, 0.25) is 5.95 Å². The summed E-state index contributed by atoms with van der Waals surface area (Å²) < 4.78 is 2.25. The van der Waals surface area contributed by atoms with Gasteiger partial charge in [-0.3, -0.25) is 14.6 Å². The fourth-order valence-electron chi connectivity index (χ4n) is 5.01. The molecule has 1 spiro atoms. The van der Waals surface area contributed by atoms with E-state index >= 15 is 0 Å². The predicted octanol–water partition coefficient (Wildman–Crippen LogP) is 2.70. The summed E-state index contributed by atoms with van der Waals surface area (Å²) in [5.74, 6) is 0.250. The van der Waals surface area contributed by atoms with Crippen molar-refractivity contribution in [2.75, 3.05) is 32.4 Å². The molecule has 0 saturated carbocycles. The molecule has 0 atom stereocenters. The monoisotopic (exact) mass is 441 g/mol. The molecule has 2 N–H and O–H groups in total. The molecule has 2 saturated heterocycles. The van der Waals surface area contributed by atoms with Crippen LogP contribution in [0.25, 0.3) is 11.0 Å². The van der Waals surface area contributed by atoms with Gasteiger partial charge in [0.25, 0.3) is 5.91 Å². The first-order chi connectivity index (χ1) is 15.1. The van der Waals surface area contributed by atoms with Crippen LogP contribution in [0.5, 0.6) is 0 Å². The summed E-state index contributed by atoms with van der Waals surface area (Å²) in [6.07, 6.45) is 3.87. The molecule has 9 heteroatoms. The van der Waals surface area contributed by atoms with E-state index in [9.17, 15) is 9.59 Å². The quantitative estimate of drug-likeness (QED) is 0.716. The smallest absolute Gasteiger partial charge is 0.327 e. The number of amides is 3. The summed E-state index contributed by atoms with van der Waals surface area (Å²) in [7, 11) is 1.77. The standard InChI is InChI=1S/C23H35N7O2/c1-6-9-29-19(31)23(27(5)21(29)32)7-10-28(11-8-23)14-17-12-16-13-25-20(24)26-18(16)30(17)15-22(2,3)4/h12-13H,6-11,14-15H2,1-5H3,(H2,24,25,26). The summed E-state index contributed by atoms with van der Waals surface area (Å²) in [6, 6.07) is 1.98. The Morgan fingerprint density at radius 2 is 1.88 bits per heavy atom. The van der Waals surface area contributed by atoms with Crippen molar-refractivity contribution in [3.8, 4) is 0 Å². The van der Waals surface area contributed by atoms with Gasteiger partial charge in [-0.25, -0.2) is 9.78 Å². The number of nitrogens with zero attached hydrogens (tertiary/aromatic N) is 6. The second-order valence-electron chi connectivity index (χ2n) is 10.4. The van der Waals surface area contributed by atoms with Gasteiger partial charge in [0.05, 0.1) is 0 Å². The van der Waals surface area contributed by atoms with Crippen LogP contribution in [0.4, 0.5) is 10.7 Å². The zero-order valence-electron chi connectivity index (χ0n) is 19.9. The molecule has 174 valence electrons. The number of imide groups is 1. The molecule has 4 rings (SSSR count). The number of nitrogen functional groups attached to an aromatic ring is 1. The van der Waals surface area contributed by atoms with Gasteiger partial charge in [0, 0.05) is 57.0 Å². The number of nitrogens with two attached hydrogens (primary N) is 1. The first-order valence-electron chi connectivity index (χ1n) is 11.5. The van der Waals surface area contributed by atoms with Crippen LogP contribution in [-0.4, -0.2) is 73.4 Å². The van der Waals surface area contributed by atoms with E-state index in [0.29, 0.717) is 19.4 Å². The number of carbonyl (C=O) groups excluding carboxylic acids is 2. The Kier molecular flexibility index (Phi) is 5.65. The highest BCUT2D eigenvalue weighted by Gasteiger charge is 2.56. The number of anilines is 1. The van der Waals surface area contributed by atoms with Crippen molar-refractivity contribution in [2.24, 2.45) is 5.41 Å². The van der Waals surface area contributed by atoms with Gasteiger partial charge >= 0.3 is 6.03 Å². The van der Waals surface area contributed by atoms with Crippen molar-refractivity contribution in [2.45, 2.75) is 65.6 Å². The molecule has 2 aliphatic rings. The zero-order chi connectivity index (χ0) is 23.3. The molecule has 0 bridgehead atoms. The van der Waals surface area contributed by atoms with Gasteiger partial charge in [0.15, 0.2) is 0 Å². The Bertz CT molecular complexity index is 1030. The van der Waals surface area contributed by atoms with Crippen LogP contribution in [0.3, 0.4) is 0 Å². The number of hydrogen-bond acceptors (Lipinski definition) is 6. The largest absolute Gasteiger partial charge is 0.368 e. The Hall–Kier alpha value is -2.68. The lowest BCUT2D eigenvalue weighted by Gasteiger charge is -2.41. The van der Waals surface area contributed by atoms with Crippen molar-refractivity contribution in [3.63, 3.8) is 0 Å². The Morgan fingerprint density at radius 1 is 1.19 bits per heavy atom. The van der Waals surface area contributed by atoms with Crippen LogP contribution >= 0.6 is 0 Å². The fraction of sp³-hybridized carbons (Fsp3) is 0.652. The molecule has 4 heterocycles. The van der Waals surface area contributed by atoms with Crippen LogP contribution in [0, 0.1) is 5.41 Å². The number of piperidine rings is 1. The number of carbonyl (C=O) groups is 2. The summed E-state index contributed by atoms with van der Waals surface area (Å²) in [5.41, 5.74) is 7.29. The molecule has 0 radical (unpaired) electrons. The Morgan fingerprint density at radius 3 is 2.50 bits per heavy atom. The normalized spacial score (nSPS) is 19.7. The van der Waals surface area contributed by atoms with Crippen molar-refractivity contribution in [1.82, 2.24) is 29.2 Å². The molecule has 0 aliphatic carbocycles. The summed E-state index contributed by atoms with van der Waals surface area (Å²) >= 11 is 0. The Labute approximate surface area is 189 Å². The van der Waals surface area contributed by atoms with Crippen molar-refractivity contribution in [1.29, 1.82) is 0 Å². The SMILES string of the molecule is CCCN1C(=O)N(C)C2(CCN(Cc3cc4cnc(N)nc4n3CC(C)(C)C)CC2)C1=O. The number of aromatic nitrogens is 3. The van der Waals surface area contributed by atoms with E-state index in [2.05, 4.69) is 46.3 Å². The third-order valence-corrected chi connectivity index (χ3v) is 6.69. The van der Waals surface area contributed by atoms with Crippen molar-refractivity contribution >= 4 is 28.9 Å². The molecule has 2 aromatic rings. The zero-order valence-corrected chi connectivity index (χ0v) is 19.9. The molecule has 2 aromatic heterocycles. The third kappa shape index (κ3) is 3.83. The maximum absolute atomic E-state index is 13.1. The lowest BCUT2D eigenvalue weighted by atomic mass is 9.86. The third-order valence-electron chi connectivity index (χ3n) is 6.69. The second-order valence-corrected chi connectivity index (χ2v) is 10.4. The van der Waals surface area contributed by atoms with E-state index in [1.807, 2.05) is 6.92 Å². The molecule has 9 nitrogen and oxygen atoms in total. The maximum atomic E-state index is 13.1. The van der Waals surface area contributed by atoms with Gasteiger partial charge in [-0.1, -0.05) is 27.7 Å². The first kappa shape index (κ1) is 22.5. The number of likely N-dealkylation sites (tertiary alicyclic amines) is 1. The van der Waals surface area contributed by atoms with E-state index in [4.69, 9.17) is 5.73 Å². The molecular weight excluding hydrogens is 406 g/mol. The highest BCUT2D eigenvalue weighted by molar-refractivity contribution is 6.07. The van der Waals surface area contributed by atoms with Gasteiger partial charge in [0.1, 0.15) is 11.2 Å². The van der Waals surface area contributed by atoms with Crippen LogP contribution in [0.15, 0.2) is 12.3 Å². The topological polar surface area (TPSA) is 101 Å². The van der Waals surface area contributed by atoms with E-state index in [-0.39, 0.29) is 23.3 Å². The predicted molar refractivity (Wildman–Crippen MR) is 124 cm³/mol. The number of hydrogen-bond donors (Lipinski definition) is 1. The molecule has 2 aliphatic heterocycles. The van der Waals surface area contributed by atoms with Crippen LogP contribution in [-0.2, 0) is 17.9 Å². The maximum Gasteiger partial charge on any atom is 0.327 e. The lowest BCUT2D eigenvalue weighted by Crippen LogP contribution is -2.55. The minimum atomic E-state index is -0.694. The van der Waals surface area contributed by atoms with Crippen LogP contribution in [0.2, 0.25) is 0 Å². The number of likely N-dealkylation sites (N-methyl/N-ethyl adjacent to an activating group) is 1. The van der Waals surface area contributed by atoms with E-state index < -0.39 is 5.54 Å². The van der Waals surface area contributed by atoms with Gasteiger partial charge < -0.3 is 15.2 Å². The summed E-state index contributed by atoms with van der Waals surface area (Å²) in [5, 5.41) is 0.985. The lowest BCUT2D eigenvalue weighted by molar-refractivity contribution is -0.135. The minimum Gasteiger partial charge on any atom is -0.368 e. The van der Waals surface area contributed by atoms with E-state index in [1.54, 1.807) is 18.1 Å². The highest BCUT2D eigenvalue weighted by atomic mass is 16.2. The minimum absolute atomic E-state index is 0.0286. The average molecular weight is 442 g/mol. The number of urea groups is 1. The summed E-state index contributed by atoms with van der Waals surface area (Å²) in [6.45, 7) is 12.2. The Balaban J connectivity index is 1.54. The second kappa shape index (κ2) is 8.03. The molecule has 0 aromatic carbocycles. The first-order valence-corrected chi connectivity index (χ1v) is 11.5. The molecule has 32 heavy (non-hydrogen) atoms. The van der Waals surface area contributed by atoms with E-state index in [0.717, 1.165) is 43.6 Å².